The highest BCUT2D eigenvalue weighted by Gasteiger charge is 2.06. The van der Waals surface area contributed by atoms with Crippen LogP contribution < -0.4 is 0 Å². The second-order valence-corrected chi connectivity index (χ2v) is 6.31. The Balaban J connectivity index is 1.75. The van der Waals surface area contributed by atoms with Crippen LogP contribution in [-0.2, 0) is 0 Å². The van der Waals surface area contributed by atoms with Gasteiger partial charge in [0.15, 0.2) is 5.65 Å². The van der Waals surface area contributed by atoms with Gasteiger partial charge in [0.1, 0.15) is 18.3 Å². The van der Waals surface area contributed by atoms with Crippen molar-refractivity contribution in [3.63, 3.8) is 0 Å². The summed E-state index contributed by atoms with van der Waals surface area (Å²) in [6.07, 6.45) is 3.29. The van der Waals surface area contributed by atoms with Crippen LogP contribution in [0, 0.1) is 18.8 Å². The lowest BCUT2D eigenvalue weighted by Crippen LogP contribution is -1.97. The van der Waals surface area contributed by atoms with E-state index >= 15 is 0 Å². The number of fused-ring (bicyclic) bond motifs is 1. The molecule has 28 heavy (non-hydrogen) atoms. The maximum Gasteiger partial charge on any atom is 0.154 e. The van der Waals surface area contributed by atoms with Crippen molar-refractivity contribution < 1.29 is 9.59 Å². The van der Waals surface area contributed by atoms with E-state index in [1.165, 1.54) is 0 Å². The summed E-state index contributed by atoms with van der Waals surface area (Å²) in [5.41, 5.74) is 5.99. The highest BCUT2D eigenvalue weighted by atomic mass is 16.1. The van der Waals surface area contributed by atoms with Gasteiger partial charge in [-0.05, 0) is 36.6 Å². The molecule has 0 atom stereocenters. The van der Waals surface area contributed by atoms with Crippen molar-refractivity contribution in [2.75, 3.05) is 0 Å². The lowest BCUT2D eigenvalue weighted by Gasteiger charge is -2.03. The molecular formula is C23H15N3O2. The van der Waals surface area contributed by atoms with Gasteiger partial charge in [-0.2, -0.15) is 5.10 Å². The predicted molar refractivity (Wildman–Crippen MR) is 106 cm³/mol. The predicted octanol–water partition coefficient (Wildman–Crippen LogP) is 3.73. The molecule has 4 rings (SSSR count). The van der Waals surface area contributed by atoms with Gasteiger partial charge in [-0.15, -0.1) is 0 Å². The molecule has 0 fully saturated rings. The van der Waals surface area contributed by atoms with Crippen LogP contribution in [0.3, 0.4) is 0 Å². The lowest BCUT2D eigenvalue weighted by atomic mass is 10.1. The van der Waals surface area contributed by atoms with Gasteiger partial charge in [0.05, 0.1) is 11.9 Å². The molecule has 0 aliphatic carbocycles. The van der Waals surface area contributed by atoms with Crippen LogP contribution in [0.25, 0.3) is 16.9 Å². The Kier molecular flexibility index (Phi) is 4.53. The van der Waals surface area contributed by atoms with Gasteiger partial charge in [0, 0.05) is 22.3 Å². The molecule has 0 saturated heterocycles. The number of hydrogen-bond donors (Lipinski definition) is 0. The second-order valence-electron chi connectivity index (χ2n) is 6.31. The zero-order chi connectivity index (χ0) is 19.5. The monoisotopic (exact) mass is 365 g/mol. The van der Waals surface area contributed by atoms with Crippen molar-refractivity contribution in [2.24, 2.45) is 0 Å². The topological polar surface area (TPSA) is 64.3 Å². The Bertz CT molecular complexity index is 1260. The number of aromatic nitrogens is 3. The van der Waals surface area contributed by atoms with E-state index < -0.39 is 0 Å². The van der Waals surface area contributed by atoms with Crippen LogP contribution in [0.5, 0.6) is 0 Å². The average Bonchev–Trinajstić information content (AvgIpc) is 3.15. The third kappa shape index (κ3) is 3.31. The normalized spacial score (nSPS) is 10.3. The van der Waals surface area contributed by atoms with Crippen molar-refractivity contribution in [2.45, 2.75) is 6.92 Å². The minimum atomic E-state index is 0.590. The van der Waals surface area contributed by atoms with E-state index in [1.54, 1.807) is 35.0 Å². The minimum Gasteiger partial charge on any atom is -0.298 e. The van der Waals surface area contributed by atoms with Crippen molar-refractivity contribution in [3.8, 4) is 23.1 Å². The molecule has 0 spiro atoms. The van der Waals surface area contributed by atoms with Gasteiger partial charge >= 0.3 is 0 Å². The van der Waals surface area contributed by atoms with Crippen molar-refractivity contribution in [1.29, 1.82) is 0 Å². The molecule has 0 radical (unpaired) electrons. The Morgan fingerprint density at radius 1 is 0.893 bits per heavy atom. The first kappa shape index (κ1) is 17.4. The SMILES string of the molecule is Cc1ccc(C=O)cc1C#Cc1cnc2ccc(-c3ccc(C=O)cc3)nn12. The molecular weight excluding hydrogens is 350 g/mol. The molecule has 5 heteroatoms. The fourth-order valence-corrected chi connectivity index (χ4v) is 2.82. The van der Waals surface area contributed by atoms with E-state index in [-0.39, 0.29) is 0 Å². The smallest absolute Gasteiger partial charge is 0.154 e. The molecule has 0 aliphatic heterocycles. The highest BCUT2D eigenvalue weighted by Crippen LogP contribution is 2.18. The number of aldehydes is 2. The first-order valence-electron chi connectivity index (χ1n) is 8.66. The molecule has 0 N–H and O–H groups in total. The van der Waals surface area contributed by atoms with Gasteiger partial charge < -0.3 is 0 Å². The molecule has 4 aromatic rings. The quantitative estimate of drug-likeness (QED) is 0.410. The number of nitrogens with zero attached hydrogens (tertiary/aromatic N) is 3. The van der Waals surface area contributed by atoms with Crippen LogP contribution in [-0.4, -0.2) is 27.2 Å². The number of aryl methyl sites for hydroxylation is 1. The molecule has 0 aliphatic rings. The van der Waals surface area contributed by atoms with E-state index in [0.717, 1.165) is 35.0 Å². The largest absolute Gasteiger partial charge is 0.298 e. The van der Waals surface area contributed by atoms with Crippen LogP contribution in [0.1, 0.15) is 37.5 Å². The molecule has 5 nitrogen and oxygen atoms in total. The van der Waals surface area contributed by atoms with Gasteiger partial charge in [-0.25, -0.2) is 9.50 Å². The van der Waals surface area contributed by atoms with Crippen LogP contribution in [0.2, 0.25) is 0 Å². The summed E-state index contributed by atoms with van der Waals surface area (Å²) in [4.78, 5) is 26.2. The summed E-state index contributed by atoms with van der Waals surface area (Å²) in [5, 5.41) is 4.64. The zero-order valence-electron chi connectivity index (χ0n) is 15.1. The van der Waals surface area contributed by atoms with E-state index in [4.69, 9.17) is 0 Å². The summed E-state index contributed by atoms with van der Waals surface area (Å²) in [5.74, 6) is 6.21. The van der Waals surface area contributed by atoms with Gasteiger partial charge in [-0.1, -0.05) is 42.3 Å². The van der Waals surface area contributed by atoms with Crippen molar-refractivity contribution >= 4 is 18.2 Å². The number of rotatable bonds is 3. The van der Waals surface area contributed by atoms with Crippen molar-refractivity contribution in [3.05, 3.63) is 88.7 Å². The molecule has 134 valence electrons. The summed E-state index contributed by atoms with van der Waals surface area (Å²) < 4.78 is 1.69. The highest BCUT2D eigenvalue weighted by molar-refractivity contribution is 5.77. The van der Waals surface area contributed by atoms with Gasteiger partial charge in [0.2, 0.25) is 0 Å². The van der Waals surface area contributed by atoms with Crippen LogP contribution in [0.4, 0.5) is 0 Å². The van der Waals surface area contributed by atoms with Gasteiger partial charge in [0.25, 0.3) is 0 Å². The Morgan fingerprint density at radius 2 is 1.64 bits per heavy atom. The van der Waals surface area contributed by atoms with E-state index in [9.17, 15) is 9.59 Å². The summed E-state index contributed by atoms with van der Waals surface area (Å²) >= 11 is 0. The number of imidazole rings is 1. The van der Waals surface area contributed by atoms with Crippen LogP contribution in [0.15, 0.2) is 60.8 Å². The number of carbonyl (C=O) groups excluding carboxylic acids is 2. The maximum absolute atomic E-state index is 11.0. The number of benzene rings is 2. The molecule has 2 aromatic heterocycles. The van der Waals surface area contributed by atoms with Crippen molar-refractivity contribution in [1.82, 2.24) is 14.6 Å². The first-order chi connectivity index (χ1) is 13.7. The Labute approximate surface area is 161 Å². The summed E-state index contributed by atoms with van der Waals surface area (Å²) in [7, 11) is 0. The van der Waals surface area contributed by atoms with E-state index in [0.29, 0.717) is 22.5 Å². The molecule has 0 amide bonds. The average molecular weight is 365 g/mol. The molecule has 0 saturated carbocycles. The molecule has 0 unspecified atom stereocenters. The van der Waals surface area contributed by atoms with Crippen LogP contribution >= 0.6 is 0 Å². The van der Waals surface area contributed by atoms with E-state index in [2.05, 4.69) is 21.9 Å². The Morgan fingerprint density at radius 3 is 2.39 bits per heavy atom. The lowest BCUT2D eigenvalue weighted by molar-refractivity contribution is 0.111. The maximum atomic E-state index is 11.0. The number of carbonyl (C=O) groups is 2. The summed E-state index contributed by atoms with van der Waals surface area (Å²) in [6, 6.07) is 16.4. The first-order valence-corrected chi connectivity index (χ1v) is 8.66. The zero-order valence-corrected chi connectivity index (χ0v) is 15.1. The molecule has 0 bridgehead atoms. The number of hydrogen-bond acceptors (Lipinski definition) is 4. The fraction of sp³-hybridized carbons (Fsp3) is 0.0435. The fourth-order valence-electron chi connectivity index (χ4n) is 2.82. The van der Waals surface area contributed by atoms with Gasteiger partial charge in [-0.3, -0.25) is 9.59 Å². The second kappa shape index (κ2) is 7.29. The third-order valence-electron chi connectivity index (χ3n) is 4.43. The third-order valence-corrected chi connectivity index (χ3v) is 4.43. The van der Waals surface area contributed by atoms with E-state index in [1.807, 2.05) is 37.3 Å². The standard InChI is InChI=1S/C23H15N3O2/c1-16-2-3-18(15-28)12-20(16)8-9-21-13-24-23-11-10-22(25-26(21)23)19-6-4-17(14-27)5-7-19/h2-7,10-15H,1H3. The minimum absolute atomic E-state index is 0.590. The summed E-state index contributed by atoms with van der Waals surface area (Å²) in [6.45, 7) is 1.95. The molecule has 2 aromatic carbocycles. The Hall–Kier alpha value is -4.04. The molecule has 2 heterocycles.